The first-order valence-electron chi connectivity index (χ1n) is 4.77. The van der Waals surface area contributed by atoms with Crippen molar-refractivity contribution in [1.29, 1.82) is 0 Å². The minimum absolute atomic E-state index is 0.332. The van der Waals surface area contributed by atoms with Gasteiger partial charge in [-0.25, -0.2) is 4.39 Å². The Labute approximate surface area is 103 Å². The molecule has 0 aliphatic carbocycles. The molecule has 0 aliphatic heterocycles. The summed E-state index contributed by atoms with van der Waals surface area (Å²) >= 11 is 12.1. The summed E-state index contributed by atoms with van der Waals surface area (Å²) in [4.78, 5) is 0. The van der Waals surface area contributed by atoms with Crippen LogP contribution < -0.4 is 0 Å². The fourth-order valence-electron chi connectivity index (χ4n) is 1.48. The molecule has 1 unspecified atom stereocenters. The maximum atomic E-state index is 13.5. The summed E-state index contributed by atoms with van der Waals surface area (Å²) in [6.07, 6.45) is 3.42. The van der Waals surface area contributed by atoms with Crippen molar-refractivity contribution in [3.8, 4) is 0 Å². The number of furan rings is 1. The van der Waals surface area contributed by atoms with Crippen LogP contribution in [-0.2, 0) is 6.42 Å². The van der Waals surface area contributed by atoms with E-state index in [-0.39, 0.29) is 11.2 Å². The lowest BCUT2D eigenvalue weighted by Gasteiger charge is -2.09. The van der Waals surface area contributed by atoms with E-state index in [1.165, 1.54) is 12.3 Å². The van der Waals surface area contributed by atoms with Crippen LogP contribution in [0.15, 0.2) is 41.2 Å². The Balaban J connectivity index is 2.21. The van der Waals surface area contributed by atoms with Crippen molar-refractivity contribution < 1.29 is 8.81 Å². The molecule has 0 radical (unpaired) electrons. The molecule has 1 aromatic heterocycles. The molecule has 84 valence electrons. The highest BCUT2D eigenvalue weighted by Crippen LogP contribution is 2.29. The zero-order chi connectivity index (χ0) is 11.5. The van der Waals surface area contributed by atoms with Crippen LogP contribution in [0.1, 0.15) is 16.5 Å². The van der Waals surface area contributed by atoms with Crippen LogP contribution in [0.2, 0.25) is 5.02 Å². The minimum atomic E-state index is -0.340. The molecule has 16 heavy (non-hydrogen) atoms. The van der Waals surface area contributed by atoms with Crippen LogP contribution in [-0.4, -0.2) is 0 Å². The Morgan fingerprint density at radius 2 is 2.12 bits per heavy atom. The summed E-state index contributed by atoms with van der Waals surface area (Å²) < 4.78 is 18.4. The van der Waals surface area contributed by atoms with Crippen molar-refractivity contribution in [3.05, 3.63) is 58.8 Å². The monoisotopic (exact) mass is 258 g/mol. The van der Waals surface area contributed by atoms with Gasteiger partial charge in [0, 0.05) is 16.1 Å². The zero-order valence-electron chi connectivity index (χ0n) is 8.29. The molecule has 0 N–H and O–H groups in total. The molecular weight excluding hydrogens is 250 g/mol. The molecule has 1 heterocycles. The van der Waals surface area contributed by atoms with Gasteiger partial charge >= 0.3 is 0 Å². The van der Waals surface area contributed by atoms with E-state index >= 15 is 0 Å². The molecule has 2 rings (SSSR count). The second-order valence-corrected chi connectivity index (χ2v) is 4.36. The lowest BCUT2D eigenvalue weighted by Crippen LogP contribution is -1.98. The Hall–Kier alpha value is -0.990. The van der Waals surface area contributed by atoms with Gasteiger partial charge in [-0.05, 0) is 24.6 Å². The summed E-state index contributed by atoms with van der Waals surface area (Å²) in [7, 11) is 0. The predicted molar refractivity (Wildman–Crippen MR) is 62.4 cm³/mol. The Morgan fingerprint density at radius 1 is 1.31 bits per heavy atom. The third-order valence-electron chi connectivity index (χ3n) is 2.35. The molecule has 0 bridgehead atoms. The van der Waals surface area contributed by atoms with E-state index in [0.29, 0.717) is 17.0 Å². The minimum Gasteiger partial charge on any atom is -0.472 e. The van der Waals surface area contributed by atoms with Crippen LogP contribution in [0, 0.1) is 5.82 Å². The highest BCUT2D eigenvalue weighted by molar-refractivity contribution is 6.31. The van der Waals surface area contributed by atoms with Crippen molar-refractivity contribution in [3.63, 3.8) is 0 Å². The maximum absolute atomic E-state index is 13.5. The van der Waals surface area contributed by atoms with Gasteiger partial charge in [0.05, 0.1) is 17.9 Å². The summed E-state index contributed by atoms with van der Waals surface area (Å²) in [6.45, 7) is 0. The first kappa shape index (κ1) is 11.5. The van der Waals surface area contributed by atoms with E-state index in [4.69, 9.17) is 27.6 Å². The van der Waals surface area contributed by atoms with E-state index < -0.39 is 0 Å². The number of halogens is 3. The highest BCUT2D eigenvalue weighted by atomic mass is 35.5. The quantitative estimate of drug-likeness (QED) is 0.734. The van der Waals surface area contributed by atoms with Crippen LogP contribution in [0.25, 0.3) is 0 Å². The van der Waals surface area contributed by atoms with Crippen molar-refractivity contribution in [2.75, 3.05) is 0 Å². The molecule has 1 nitrogen and oxygen atoms in total. The van der Waals surface area contributed by atoms with Gasteiger partial charge in [0.15, 0.2) is 0 Å². The SMILES string of the molecule is Fc1cccc(Cl)c1CC(Cl)c1ccoc1. The van der Waals surface area contributed by atoms with Crippen molar-refractivity contribution in [1.82, 2.24) is 0 Å². The Morgan fingerprint density at radius 3 is 2.75 bits per heavy atom. The third-order valence-corrected chi connectivity index (χ3v) is 3.11. The normalized spacial score (nSPS) is 12.7. The van der Waals surface area contributed by atoms with Gasteiger partial charge < -0.3 is 4.42 Å². The fraction of sp³-hybridized carbons (Fsp3) is 0.167. The molecule has 0 saturated carbocycles. The molecular formula is C12H9Cl2FO. The van der Waals surface area contributed by atoms with E-state index in [1.54, 1.807) is 24.5 Å². The number of hydrogen-bond donors (Lipinski definition) is 0. The van der Waals surface area contributed by atoms with Crippen LogP contribution in [0.3, 0.4) is 0 Å². The molecule has 0 spiro atoms. The van der Waals surface area contributed by atoms with E-state index in [9.17, 15) is 4.39 Å². The number of alkyl halides is 1. The molecule has 1 atom stereocenters. The second kappa shape index (κ2) is 4.89. The van der Waals surface area contributed by atoms with Gasteiger partial charge in [-0.1, -0.05) is 17.7 Å². The summed E-state index contributed by atoms with van der Waals surface area (Å²) in [5, 5.41) is 0.0577. The summed E-state index contributed by atoms with van der Waals surface area (Å²) in [5.41, 5.74) is 1.26. The first-order valence-corrected chi connectivity index (χ1v) is 5.59. The van der Waals surface area contributed by atoms with E-state index in [2.05, 4.69) is 0 Å². The van der Waals surface area contributed by atoms with Crippen LogP contribution in [0.4, 0.5) is 4.39 Å². The van der Waals surface area contributed by atoms with E-state index in [0.717, 1.165) is 5.56 Å². The molecule has 0 aliphatic rings. The Kier molecular flexibility index (Phi) is 3.52. The van der Waals surface area contributed by atoms with Gasteiger partial charge in [0.1, 0.15) is 5.82 Å². The Bertz CT molecular complexity index is 448. The standard InChI is InChI=1S/C12H9Cl2FO/c13-10-2-1-3-12(15)9(10)6-11(14)8-4-5-16-7-8/h1-5,7,11H,6H2. The van der Waals surface area contributed by atoms with Crippen molar-refractivity contribution >= 4 is 23.2 Å². The van der Waals surface area contributed by atoms with E-state index in [1.807, 2.05) is 0 Å². The lowest BCUT2D eigenvalue weighted by atomic mass is 10.1. The third kappa shape index (κ3) is 2.39. The second-order valence-electron chi connectivity index (χ2n) is 3.43. The van der Waals surface area contributed by atoms with Crippen molar-refractivity contribution in [2.45, 2.75) is 11.8 Å². The number of benzene rings is 1. The van der Waals surface area contributed by atoms with Gasteiger partial charge in [-0.15, -0.1) is 11.6 Å². The molecule has 0 saturated heterocycles. The lowest BCUT2D eigenvalue weighted by molar-refractivity contribution is 0.562. The molecule has 0 amide bonds. The molecule has 1 aromatic carbocycles. The molecule has 2 aromatic rings. The first-order chi connectivity index (χ1) is 7.68. The molecule has 4 heteroatoms. The largest absolute Gasteiger partial charge is 0.472 e. The highest BCUT2D eigenvalue weighted by Gasteiger charge is 2.15. The average molecular weight is 259 g/mol. The van der Waals surface area contributed by atoms with Crippen LogP contribution in [0.5, 0.6) is 0 Å². The van der Waals surface area contributed by atoms with Gasteiger partial charge in [0.2, 0.25) is 0 Å². The summed E-state index contributed by atoms with van der Waals surface area (Å²) in [5.74, 6) is -0.332. The van der Waals surface area contributed by atoms with Crippen molar-refractivity contribution in [2.24, 2.45) is 0 Å². The predicted octanol–water partition coefficient (Wildman–Crippen LogP) is 4.59. The zero-order valence-corrected chi connectivity index (χ0v) is 9.80. The topological polar surface area (TPSA) is 13.1 Å². The van der Waals surface area contributed by atoms with Crippen LogP contribution >= 0.6 is 23.2 Å². The fourth-order valence-corrected chi connectivity index (χ4v) is 2.00. The molecule has 0 fully saturated rings. The average Bonchev–Trinajstić information content (AvgIpc) is 2.76. The number of rotatable bonds is 3. The van der Waals surface area contributed by atoms with Gasteiger partial charge in [-0.3, -0.25) is 0 Å². The maximum Gasteiger partial charge on any atom is 0.127 e. The summed E-state index contributed by atoms with van der Waals surface area (Å²) in [6, 6.07) is 6.35. The van der Waals surface area contributed by atoms with Gasteiger partial charge in [0.25, 0.3) is 0 Å². The van der Waals surface area contributed by atoms with Gasteiger partial charge in [-0.2, -0.15) is 0 Å². The number of hydrogen-bond acceptors (Lipinski definition) is 1. The smallest absolute Gasteiger partial charge is 0.127 e.